The van der Waals surface area contributed by atoms with Crippen molar-refractivity contribution < 1.29 is 13.9 Å². The van der Waals surface area contributed by atoms with Gasteiger partial charge in [0, 0.05) is 19.2 Å². The number of hydrogen-bond acceptors (Lipinski definition) is 5. The molecule has 3 aromatic rings. The minimum atomic E-state index is -0.410. The van der Waals surface area contributed by atoms with Gasteiger partial charge in [0.1, 0.15) is 5.69 Å². The molecule has 1 aliphatic rings. The number of nitrogens with one attached hydrogen (secondary N) is 1. The van der Waals surface area contributed by atoms with Crippen molar-refractivity contribution in [1.29, 1.82) is 0 Å². The topological polar surface area (TPSA) is 84.2 Å². The molecule has 26 heavy (non-hydrogen) atoms. The number of morpholine rings is 1. The van der Waals surface area contributed by atoms with Crippen molar-refractivity contribution in [2.45, 2.75) is 26.1 Å². The fourth-order valence-electron chi connectivity index (χ4n) is 3.17. The average Bonchev–Trinajstić information content (AvgIpc) is 3.31. The van der Waals surface area contributed by atoms with Gasteiger partial charge in [-0.3, -0.25) is 4.79 Å². The van der Waals surface area contributed by atoms with E-state index in [1.54, 1.807) is 11.8 Å². The van der Waals surface area contributed by atoms with Crippen LogP contribution in [0.2, 0.25) is 0 Å². The molecule has 0 radical (unpaired) electrons. The average molecular weight is 352 g/mol. The monoisotopic (exact) mass is 352 g/mol. The van der Waals surface area contributed by atoms with Crippen LogP contribution in [0.25, 0.3) is 11.3 Å². The smallest absolute Gasteiger partial charge is 0.270 e. The van der Waals surface area contributed by atoms with Crippen molar-refractivity contribution in [2.75, 3.05) is 13.1 Å². The minimum absolute atomic E-state index is 0.0661. The SMILES string of the molecule is Cc1nnc([C@H]2CN(C(=O)c3ccc(-c4ccccc4)[nH]3)C[C@@H](C)O2)o1. The Labute approximate surface area is 151 Å². The van der Waals surface area contributed by atoms with Crippen LogP contribution in [-0.4, -0.2) is 45.2 Å². The van der Waals surface area contributed by atoms with E-state index in [1.165, 1.54) is 0 Å². The summed E-state index contributed by atoms with van der Waals surface area (Å²) in [5.41, 5.74) is 2.51. The Kier molecular flexibility index (Phi) is 4.30. The van der Waals surface area contributed by atoms with Crippen LogP contribution in [0.15, 0.2) is 46.9 Å². The van der Waals surface area contributed by atoms with Crippen molar-refractivity contribution in [2.24, 2.45) is 0 Å². The first-order valence-electron chi connectivity index (χ1n) is 8.59. The molecule has 0 bridgehead atoms. The summed E-state index contributed by atoms with van der Waals surface area (Å²) in [5.74, 6) is 0.823. The van der Waals surface area contributed by atoms with E-state index in [4.69, 9.17) is 9.15 Å². The van der Waals surface area contributed by atoms with Gasteiger partial charge in [-0.05, 0) is 24.6 Å². The number of amides is 1. The molecule has 0 saturated carbocycles. The van der Waals surface area contributed by atoms with Crippen LogP contribution in [0.4, 0.5) is 0 Å². The Morgan fingerprint density at radius 2 is 1.96 bits per heavy atom. The summed E-state index contributed by atoms with van der Waals surface area (Å²) in [5, 5.41) is 7.87. The van der Waals surface area contributed by atoms with Crippen molar-refractivity contribution in [3.05, 3.63) is 59.9 Å². The maximum Gasteiger partial charge on any atom is 0.270 e. The molecule has 7 heteroatoms. The second kappa shape index (κ2) is 6.76. The van der Waals surface area contributed by atoms with Gasteiger partial charge in [-0.1, -0.05) is 30.3 Å². The lowest BCUT2D eigenvalue weighted by Crippen LogP contribution is -2.46. The number of aryl methyl sites for hydroxylation is 1. The van der Waals surface area contributed by atoms with Crippen LogP contribution in [-0.2, 0) is 4.74 Å². The lowest BCUT2D eigenvalue weighted by atomic mass is 10.2. The molecule has 2 aromatic heterocycles. The van der Waals surface area contributed by atoms with E-state index >= 15 is 0 Å². The summed E-state index contributed by atoms with van der Waals surface area (Å²) in [7, 11) is 0. The molecule has 1 amide bonds. The molecular formula is C19H20N4O3. The van der Waals surface area contributed by atoms with Crippen LogP contribution in [0.1, 0.15) is 35.3 Å². The molecule has 1 aliphatic heterocycles. The third kappa shape index (κ3) is 3.25. The number of carbonyl (C=O) groups is 1. The van der Waals surface area contributed by atoms with E-state index in [-0.39, 0.29) is 12.0 Å². The van der Waals surface area contributed by atoms with E-state index < -0.39 is 6.10 Å². The van der Waals surface area contributed by atoms with Crippen molar-refractivity contribution in [3.63, 3.8) is 0 Å². The molecule has 2 atom stereocenters. The van der Waals surface area contributed by atoms with Gasteiger partial charge in [0.2, 0.25) is 11.8 Å². The second-order valence-corrected chi connectivity index (χ2v) is 6.46. The van der Waals surface area contributed by atoms with Crippen LogP contribution in [0.3, 0.4) is 0 Å². The first-order chi connectivity index (χ1) is 12.6. The van der Waals surface area contributed by atoms with Gasteiger partial charge in [-0.15, -0.1) is 10.2 Å². The summed E-state index contributed by atoms with van der Waals surface area (Å²) in [6, 6.07) is 13.7. The number of ether oxygens (including phenoxy) is 1. The van der Waals surface area contributed by atoms with E-state index in [2.05, 4.69) is 15.2 Å². The number of aromatic amines is 1. The highest BCUT2D eigenvalue weighted by Gasteiger charge is 2.33. The molecule has 1 aromatic carbocycles. The molecule has 3 heterocycles. The zero-order valence-corrected chi connectivity index (χ0v) is 14.7. The zero-order chi connectivity index (χ0) is 18.1. The fraction of sp³-hybridized carbons (Fsp3) is 0.316. The third-order valence-corrected chi connectivity index (χ3v) is 4.37. The molecule has 0 aliphatic carbocycles. The summed E-state index contributed by atoms with van der Waals surface area (Å²) < 4.78 is 11.4. The number of carbonyl (C=O) groups excluding carboxylic acids is 1. The first kappa shape index (κ1) is 16.5. The van der Waals surface area contributed by atoms with Crippen LogP contribution in [0.5, 0.6) is 0 Å². The molecule has 4 rings (SSSR count). The molecule has 134 valence electrons. The molecule has 0 unspecified atom stereocenters. The van der Waals surface area contributed by atoms with Gasteiger partial charge in [0.15, 0.2) is 6.10 Å². The van der Waals surface area contributed by atoms with Crippen LogP contribution < -0.4 is 0 Å². The maximum absolute atomic E-state index is 12.9. The Morgan fingerprint density at radius 1 is 1.15 bits per heavy atom. The lowest BCUT2D eigenvalue weighted by molar-refractivity contribution is -0.0797. The lowest BCUT2D eigenvalue weighted by Gasteiger charge is -2.35. The highest BCUT2D eigenvalue weighted by atomic mass is 16.5. The number of aromatic nitrogens is 3. The number of benzene rings is 1. The summed E-state index contributed by atoms with van der Waals surface area (Å²) in [6.45, 7) is 4.56. The second-order valence-electron chi connectivity index (χ2n) is 6.46. The first-order valence-corrected chi connectivity index (χ1v) is 8.59. The van der Waals surface area contributed by atoms with Gasteiger partial charge in [-0.2, -0.15) is 0 Å². The Balaban J connectivity index is 1.53. The summed E-state index contributed by atoms with van der Waals surface area (Å²) in [6.07, 6.45) is -0.527. The molecular weight excluding hydrogens is 332 g/mol. The Morgan fingerprint density at radius 3 is 2.69 bits per heavy atom. The van der Waals surface area contributed by atoms with Crippen LogP contribution >= 0.6 is 0 Å². The van der Waals surface area contributed by atoms with Crippen molar-refractivity contribution >= 4 is 5.91 Å². The van der Waals surface area contributed by atoms with E-state index in [9.17, 15) is 4.79 Å². The van der Waals surface area contributed by atoms with Gasteiger partial charge in [0.05, 0.1) is 12.6 Å². The minimum Gasteiger partial charge on any atom is -0.423 e. The van der Waals surface area contributed by atoms with E-state index in [0.29, 0.717) is 30.6 Å². The summed E-state index contributed by atoms with van der Waals surface area (Å²) in [4.78, 5) is 17.9. The maximum atomic E-state index is 12.9. The standard InChI is InChI=1S/C19H20N4O3/c1-12-10-23(11-17(25-12)18-22-21-13(2)26-18)19(24)16-9-8-15(20-16)14-6-4-3-5-7-14/h3-9,12,17,20H,10-11H2,1-2H3/t12-,17-/m1/s1. The van der Waals surface area contributed by atoms with Crippen LogP contribution in [0, 0.1) is 6.92 Å². The Hall–Kier alpha value is -2.93. The fourth-order valence-corrected chi connectivity index (χ4v) is 3.17. The van der Waals surface area contributed by atoms with Gasteiger partial charge in [0.25, 0.3) is 5.91 Å². The number of nitrogens with zero attached hydrogens (tertiary/aromatic N) is 3. The number of rotatable bonds is 3. The predicted molar refractivity (Wildman–Crippen MR) is 94.5 cm³/mol. The number of hydrogen-bond donors (Lipinski definition) is 1. The molecule has 0 spiro atoms. The molecule has 7 nitrogen and oxygen atoms in total. The zero-order valence-electron chi connectivity index (χ0n) is 14.7. The molecule has 1 N–H and O–H groups in total. The van der Waals surface area contributed by atoms with E-state index in [1.807, 2.05) is 49.4 Å². The highest BCUT2D eigenvalue weighted by molar-refractivity contribution is 5.93. The summed E-state index contributed by atoms with van der Waals surface area (Å²) >= 11 is 0. The van der Waals surface area contributed by atoms with Crippen molar-refractivity contribution in [3.8, 4) is 11.3 Å². The number of H-pyrrole nitrogens is 1. The van der Waals surface area contributed by atoms with Gasteiger partial charge >= 0.3 is 0 Å². The predicted octanol–water partition coefficient (Wildman–Crippen LogP) is 2.98. The highest BCUT2D eigenvalue weighted by Crippen LogP contribution is 2.26. The van der Waals surface area contributed by atoms with Crippen molar-refractivity contribution in [1.82, 2.24) is 20.1 Å². The van der Waals surface area contributed by atoms with Gasteiger partial charge < -0.3 is 19.0 Å². The Bertz CT molecular complexity index is 902. The van der Waals surface area contributed by atoms with E-state index in [0.717, 1.165) is 11.3 Å². The third-order valence-electron chi connectivity index (χ3n) is 4.37. The molecule has 1 fully saturated rings. The molecule has 1 saturated heterocycles. The quantitative estimate of drug-likeness (QED) is 0.783. The van der Waals surface area contributed by atoms with Gasteiger partial charge in [-0.25, -0.2) is 0 Å². The normalized spacial score (nSPS) is 20.3. The largest absolute Gasteiger partial charge is 0.423 e.